The Morgan fingerprint density at radius 3 is 1.37 bits per heavy atom. The van der Waals surface area contributed by atoms with Crippen LogP contribution >= 0.6 is 0 Å². The van der Waals surface area contributed by atoms with Gasteiger partial charge in [-0.25, -0.2) is 8.42 Å². The van der Waals surface area contributed by atoms with Crippen LogP contribution < -0.4 is 59.1 Å². The Bertz CT molecular complexity index is 246. The average molecular weight is 312 g/mol. The van der Waals surface area contributed by atoms with Gasteiger partial charge < -0.3 is 10.0 Å². The molecule has 0 aliphatic carbocycles. The molecule has 0 spiro atoms. The summed E-state index contributed by atoms with van der Waals surface area (Å²) in [5, 5.41) is 0. The van der Waals surface area contributed by atoms with E-state index in [0.29, 0.717) is 6.42 Å². The summed E-state index contributed by atoms with van der Waals surface area (Å²) >= 11 is 0. The molecule has 0 aromatic rings. The molecule has 0 aliphatic heterocycles. The van der Waals surface area contributed by atoms with Gasteiger partial charge in [-0.15, -0.1) is 0 Å². The molecule has 19 heavy (non-hydrogen) atoms. The van der Waals surface area contributed by atoms with Crippen molar-refractivity contribution in [1.29, 1.82) is 0 Å². The maximum Gasteiger partial charge on any atom is 1.00 e. The summed E-state index contributed by atoms with van der Waals surface area (Å²) in [6, 6.07) is 0. The van der Waals surface area contributed by atoms with Crippen molar-refractivity contribution in [1.82, 2.24) is 0 Å². The smallest absolute Gasteiger partial charge is 0.870 e. The first-order valence-electron chi connectivity index (χ1n) is 6.50. The standard InChI is InChI=1S/C12H26O3S.2Na.H2O/c1-2-3-4-5-6-7-8-9-10-11-12-16(13,14)15;;;/h2-12H2,1H3,(H,13,14,15);;;1H2/q;2*+1;/p-2. The predicted octanol–water partition coefficient (Wildman–Crippen LogP) is -2.72. The third-order valence-corrected chi connectivity index (χ3v) is 3.54. The quantitative estimate of drug-likeness (QED) is 0.236. The summed E-state index contributed by atoms with van der Waals surface area (Å²) in [5.41, 5.74) is 0. The normalized spacial score (nSPS) is 10.0. The van der Waals surface area contributed by atoms with Crippen LogP contribution in [0.2, 0.25) is 0 Å². The molecule has 0 saturated carbocycles. The van der Waals surface area contributed by atoms with Crippen molar-refractivity contribution < 1.29 is 77.6 Å². The van der Waals surface area contributed by atoms with Crippen molar-refractivity contribution in [2.75, 3.05) is 5.75 Å². The van der Waals surface area contributed by atoms with Gasteiger partial charge in [0.25, 0.3) is 0 Å². The number of hydrogen-bond donors (Lipinski definition) is 0. The first-order valence-corrected chi connectivity index (χ1v) is 8.07. The number of hydrogen-bond acceptors (Lipinski definition) is 4. The fourth-order valence-corrected chi connectivity index (χ4v) is 2.32. The fraction of sp³-hybridized carbons (Fsp3) is 1.00. The van der Waals surface area contributed by atoms with Crippen LogP contribution in [0.15, 0.2) is 0 Å². The molecule has 0 amide bonds. The largest absolute Gasteiger partial charge is 1.00 e. The molecule has 0 aliphatic rings. The fourth-order valence-electron chi connectivity index (χ4n) is 1.77. The Morgan fingerprint density at radius 1 is 0.737 bits per heavy atom. The van der Waals surface area contributed by atoms with E-state index in [1.165, 1.54) is 44.9 Å². The molecule has 0 radical (unpaired) electrons. The van der Waals surface area contributed by atoms with Gasteiger partial charge in [0, 0.05) is 5.75 Å². The van der Waals surface area contributed by atoms with Gasteiger partial charge in [-0.05, 0) is 6.42 Å². The summed E-state index contributed by atoms with van der Waals surface area (Å²) in [6.45, 7) is 2.21. The maximum absolute atomic E-state index is 10.3. The van der Waals surface area contributed by atoms with Gasteiger partial charge in [0.2, 0.25) is 0 Å². The topological polar surface area (TPSA) is 87.2 Å². The molecular formula is C12H26Na2O4S. The minimum Gasteiger partial charge on any atom is -0.870 e. The molecule has 0 aromatic carbocycles. The predicted molar refractivity (Wildman–Crippen MR) is 68.3 cm³/mol. The van der Waals surface area contributed by atoms with Crippen LogP contribution in [0.5, 0.6) is 0 Å². The summed E-state index contributed by atoms with van der Waals surface area (Å²) < 4.78 is 30.9. The average Bonchev–Trinajstić information content (AvgIpc) is 2.19. The molecule has 0 saturated heterocycles. The molecule has 0 bridgehead atoms. The van der Waals surface area contributed by atoms with Crippen molar-refractivity contribution in [3.05, 3.63) is 0 Å². The second-order valence-corrected chi connectivity index (χ2v) is 5.97. The molecule has 7 heteroatoms. The van der Waals surface area contributed by atoms with Crippen LogP contribution in [-0.2, 0) is 10.1 Å². The Balaban J connectivity index is -0.000000375. The van der Waals surface area contributed by atoms with Crippen LogP contribution in [0.1, 0.15) is 71.1 Å². The molecule has 0 heterocycles. The van der Waals surface area contributed by atoms with E-state index < -0.39 is 10.1 Å². The van der Waals surface area contributed by atoms with Crippen molar-refractivity contribution in [3.8, 4) is 0 Å². The first kappa shape index (κ1) is 29.0. The molecule has 106 valence electrons. The van der Waals surface area contributed by atoms with Crippen molar-refractivity contribution in [2.45, 2.75) is 71.1 Å². The van der Waals surface area contributed by atoms with E-state index in [4.69, 9.17) is 0 Å². The van der Waals surface area contributed by atoms with Gasteiger partial charge in [-0.3, -0.25) is 0 Å². The summed E-state index contributed by atoms with van der Waals surface area (Å²) in [4.78, 5) is 0. The minimum atomic E-state index is -3.98. The van der Waals surface area contributed by atoms with Crippen molar-refractivity contribution >= 4 is 10.1 Å². The Labute approximate surface area is 163 Å². The van der Waals surface area contributed by atoms with E-state index in [9.17, 15) is 13.0 Å². The van der Waals surface area contributed by atoms with Gasteiger partial charge in [-0.2, -0.15) is 0 Å². The molecule has 0 rings (SSSR count). The third kappa shape index (κ3) is 28.7. The van der Waals surface area contributed by atoms with E-state index >= 15 is 0 Å². The number of unbranched alkanes of at least 4 members (excludes halogenated alkanes) is 9. The minimum absolute atomic E-state index is 0. The molecule has 0 aromatic heterocycles. The maximum atomic E-state index is 10.3. The molecule has 1 N–H and O–H groups in total. The van der Waals surface area contributed by atoms with E-state index in [0.717, 1.165) is 12.8 Å². The monoisotopic (exact) mass is 312 g/mol. The zero-order valence-electron chi connectivity index (χ0n) is 12.9. The van der Waals surface area contributed by atoms with E-state index in [-0.39, 0.29) is 70.3 Å². The van der Waals surface area contributed by atoms with Gasteiger partial charge in [0.1, 0.15) is 0 Å². The van der Waals surface area contributed by atoms with Gasteiger partial charge in [0.05, 0.1) is 10.1 Å². The Morgan fingerprint density at radius 2 is 1.05 bits per heavy atom. The Kier molecular flexibility index (Phi) is 30.3. The molecule has 0 fully saturated rings. The van der Waals surface area contributed by atoms with Crippen molar-refractivity contribution in [3.63, 3.8) is 0 Å². The van der Waals surface area contributed by atoms with Crippen LogP contribution in [-0.4, -0.2) is 24.2 Å². The summed E-state index contributed by atoms with van der Waals surface area (Å²) in [6.07, 6.45) is 11.4. The first-order chi connectivity index (χ1) is 7.56. The van der Waals surface area contributed by atoms with Gasteiger partial charge in [0.15, 0.2) is 0 Å². The van der Waals surface area contributed by atoms with E-state index in [1.807, 2.05) is 0 Å². The van der Waals surface area contributed by atoms with E-state index in [1.54, 1.807) is 0 Å². The van der Waals surface area contributed by atoms with Crippen LogP contribution in [0.4, 0.5) is 0 Å². The van der Waals surface area contributed by atoms with Crippen LogP contribution in [0.25, 0.3) is 0 Å². The van der Waals surface area contributed by atoms with Gasteiger partial charge >= 0.3 is 59.1 Å². The SMILES string of the molecule is CCCCCCCCCCCCS(=O)(=O)[O-].[Na+].[Na+].[OH-]. The third-order valence-electron chi connectivity index (χ3n) is 2.75. The van der Waals surface area contributed by atoms with Crippen LogP contribution in [0.3, 0.4) is 0 Å². The van der Waals surface area contributed by atoms with E-state index in [2.05, 4.69) is 6.92 Å². The molecule has 0 atom stereocenters. The zero-order valence-corrected chi connectivity index (χ0v) is 17.7. The summed E-state index contributed by atoms with van der Waals surface area (Å²) in [7, 11) is -3.98. The number of rotatable bonds is 11. The zero-order chi connectivity index (χ0) is 12.3. The van der Waals surface area contributed by atoms with Crippen LogP contribution in [0, 0.1) is 0 Å². The Hall–Kier alpha value is 1.87. The second kappa shape index (κ2) is 19.9. The molecule has 0 unspecified atom stereocenters. The van der Waals surface area contributed by atoms with Gasteiger partial charge in [-0.1, -0.05) is 64.7 Å². The second-order valence-electron chi connectivity index (χ2n) is 4.44. The molecular weight excluding hydrogens is 286 g/mol. The summed E-state index contributed by atoms with van der Waals surface area (Å²) in [5.74, 6) is -0.191. The molecule has 4 nitrogen and oxygen atoms in total. The van der Waals surface area contributed by atoms with Crippen molar-refractivity contribution in [2.24, 2.45) is 0 Å².